The summed E-state index contributed by atoms with van der Waals surface area (Å²) in [6.07, 6.45) is 5.10. The summed E-state index contributed by atoms with van der Waals surface area (Å²) in [5.74, 6) is -0.0791. The molecule has 15 heavy (non-hydrogen) atoms. The van der Waals surface area contributed by atoms with Crippen LogP contribution in [0.1, 0.15) is 12.1 Å². The molecule has 7 heteroatoms. The zero-order valence-corrected chi connectivity index (χ0v) is 8.21. The molecule has 0 saturated heterocycles. The summed E-state index contributed by atoms with van der Waals surface area (Å²) < 4.78 is 0. The molecular weight excluding hydrogens is 196 g/mol. The van der Waals surface area contributed by atoms with Crippen molar-refractivity contribution in [2.24, 2.45) is 5.73 Å². The average molecular weight is 210 g/mol. The monoisotopic (exact) mass is 210 g/mol. The minimum atomic E-state index is -0.736. The standard InChI is InChI=1S/C8H14N6O/c9-7(14-8(10)15)12-3-1-2-6-4-11-5-13-6/h4-5H,1-3H2,(H,11,13)(H5,9,10,12,14,15). The molecule has 7 nitrogen and oxygen atoms in total. The van der Waals surface area contributed by atoms with E-state index < -0.39 is 6.03 Å². The number of guanidine groups is 1. The van der Waals surface area contributed by atoms with Crippen LogP contribution in [-0.2, 0) is 6.42 Å². The summed E-state index contributed by atoms with van der Waals surface area (Å²) in [6.45, 7) is 0.589. The molecule has 0 aromatic carbocycles. The van der Waals surface area contributed by atoms with Gasteiger partial charge in [-0.3, -0.25) is 10.7 Å². The molecule has 0 saturated carbocycles. The van der Waals surface area contributed by atoms with E-state index in [9.17, 15) is 4.79 Å². The molecule has 1 heterocycles. The van der Waals surface area contributed by atoms with Gasteiger partial charge < -0.3 is 16.0 Å². The van der Waals surface area contributed by atoms with Crippen molar-refractivity contribution in [2.45, 2.75) is 12.8 Å². The number of nitrogens with one attached hydrogen (secondary N) is 4. The van der Waals surface area contributed by atoms with Gasteiger partial charge in [0.1, 0.15) is 0 Å². The minimum Gasteiger partial charge on any atom is -0.356 e. The van der Waals surface area contributed by atoms with E-state index in [1.807, 2.05) is 6.20 Å². The number of urea groups is 1. The zero-order valence-electron chi connectivity index (χ0n) is 8.21. The molecule has 0 radical (unpaired) electrons. The second kappa shape index (κ2) is 5.63. The number of aromatic nitrogens is 2. The van der Waals surface area contributed by atoms with Crippen molar-refractivity contribution >= 4 is 12.0 Å². The van der Waals surface area contributed by atoms with Gasteiger partial charge in [0.15, 0.2) is 5.96 Å². The first-order valence-corrected chi connectivity index (χ1v) is 4.55. The number of carbonyl (C=O) groups is 1. The summed E-state index contributed by atoms with van der Waals surface area (Å²) >= 11 is 0. The van der Waals surface area contributed by atoms with Gasteiger partial charge in [-0.1, -0.05) is 0 Å². The number of aryl methyl sites for hydroxylation is 1. The first-order chi connectivity index (χ1) is 7.18. The van der Waals surface area contributed by atoms with E-state index in [0.717, 1.165) is 18.5 Å². The zero-order chi connectivity index (χ0) is 11.1. The molecule has 0 unspecified atom stereocenters. The Balaban J connectivity index is 2.06. The topological polar surface area (TPSA) is 120 Å². The lowest BCUT2D eigenvalue weighted by Gasteiger charge is -2.06. The predicted octanol–water partition coefficient (Wildman–Crippen LogP) is -0.465. The van der Waals surface area contributed by atoms with Gasteiger partial charge in [0, 0.05) is 12.7 Å². The number of nitrogens with zero attached hydrogens (tertiary/aromatic N) is 1. The van der Waals surface area contributed by atoms with Crippen LogP contribution in [-0.4, -0.2) is 28.5 Å². The van der Waals surface area contributed by atoms with Gasteiger partial charge in [0.05, 0.1) is 12.0 Å². The SMILES string of the molecule is N=C(NCCCc1c[nH]cn1)NC(N)=O. The van der Waals surface area contributed by atoms with E-state index in [-0.39, 0.29) is 5.96 Å². The van der Waals surface area contributed by atoms with Crippen LogP contribution in [0.5, 0.6) is 0 Å². The van der Waals surface area contributed by atoms with E-state index in [1.54, 1.807) is 6.33 Å². The van der Waals surface area contributed by atoms with Crippen molar-refractivity contribution in [2.75, 3.05) is 6.54 Å². The molecule has 0 spiro atoms. The first-order valence-electron chi connectivity index (χ1n) is 4.55. The Labute approximate surface area is 87.0 Å². The number of primary amides is 1. The fourth-order valence-corrected chi connectivity index (χ4v) is 1.08. The van der Waals surface area contributed by atoms with E-state index in [1.165, 1.54) is 0 Å². The highest BCUT2D eigenvalue weighted by molar-refractivity contribution is 5.93. The summed E-state index contributed by atoms with van der Waals surface area (Å²) in [6, 6.07) is -0.736. The predicted molar refractivity (Wildman–Crippen MR) is 55.4 cm³/mol. The van der Waals surface area contributed by atoms with Crippen molar-refractivity contribution in [1.29, 1.82) is 5.41 Å². The van der Waals surface area contributed by atoms with Gasteiger partial charge in [-0.05, 0) is 12.8 Å². The van der Waals surface area contributed by atoms with Crippen LogP contribution >= 0.6 is 0 Å². The Morgan fingerprint density at radius 1 is 1.67 bits per heavy atom. The molecule has 2 amide bonds. The summed E-state index contributed by atoms with van der Waals surface area (Å²) in [5, 5.41) is 12.1. The van der Waals surface area contributed by atoms with Crippen LogP contribution in [0.3, 0.4) is 0 Å². The third kappa shape index (κ3) is 4.65. The molecule has 1 rings (SSSR count). The number of H-pyrrole nitrogens is 1. The van der Waals surface area contributed by atoms with Gasteiger partial charge >= 0.3 is 6.03 Å². The Morgan fingerprint density at radius 2 is 2.47 bits per heavy atom. The lowest BCUT2D eigenvalue weighted by Crippen LogP contribution is -2.43. The average Bonchev–Trinajstić information content (AvgIpc) is 2.63. The van der Waals surface area contributed by atoms with Gasteiger partial charge in [0.25, 0.3) is 0 Å². The van der Waals surface area contributed by atoms with Gasteiger partial charge in [-0.15, -0.1) is 0 Å². The summed E-state index contributed by atoms with van der Waals surface area (Å²) in [7, 11) is 0. The largest absolute Gasteiger partial charge is 0.356 e. The Morgan fingerprint density at radius 3 is 3.07 bits per heavy atom. The maximum Gasteiger partial charge on any atom is 0.318 e. The number of amides is 2. The van der Waals surface area contributed by atoms with Gasteiger partial charge in [0.2, 0.25) is 0 Å². The van der Waals surface area contributed by atoms with E-state index in [2.05, 4.69) is 20.6 Å². The molecule has 82 valence electrons. The fourth-order valence-electron chi connectivity index (χ4n) is 1.08. The second-order valence-corrected chi connectivity index (χ2v) is 2.96. The molecule has 0 aliphatic heterocycles. The Hall–Kier alpha value is -2.05. The van der Waals surface area contributed by atoms with Gasteiger partial charge in [-0.25, -0.2) is 9.78 Å². The molecule has 1 aromatic rings. The maximum absolute atomic E-state index is 10.3. The Bertz CT molecular complexity index is 320. The quantitative estimate of drug-likeness (QED) is 0.262. The third-order valence-electron chi connectivity index (χ3n) is 1.71. The van der Waals surface area contributed by atoms with Crippen LogP contribution in [0.25, 0.3) is 0 Å². The second-order valence-electron chi connectivity index (χ2n) is 2.96. The third-order valence-corrected chi connectivity index (χ3v) is 1.71. The molecule has 6 N–H and O–H groups in total. The highest BCUT2D eigenvalue weighted by Crippen LogP contribution is 1.94. The molecule has 0 aliphatic rings. The molecule has 0 fully saturated rings. The van der Waals surface area contributed by atoms with Crippen LogP contribution in [0, 0.1) is 5.41 Å². The van der Waals surface area contributed by atoms with Crippen LogP contribution in [0.15, 0.2) is 12.5 Å². The lowest BCUT2D eigenvalue weighted by molar-refractivity contribution is 0.253. The molecule has 0 atom stereocenters. The molecule has 0 aliphatic carbocycles. The Kier molecular flexibility index (Phi) is 4.14. The van der Waals surface area contributed by atoms with Crippen molar-refractivity contribution < 1.29 is 4.79 Å². The van der Waals surface area contributed by atoms with Crippen molar-refractivity contribution in [1.82, 2.24) is 20.6 Å². The number of imidazole rings is 1. The minimum absolute atomic E-state index is 0.0791. The van der Waals surface area contributed by atoms with E-state index >= 15 is 0 Å². The number of nitrogens with two attached hydrogens (primary N) is 1. The van der Waals surface area contributed by atoms with Crippen molar-refractivity contribution in [3.05, 3.63) is 18.2 Å². The number of aromatic amines is 1. The highest BCUT2D eigenvalue weighted by atomic mass is 16.2. The normalized spacial score (nSPS) is 9.60. The molecule has 1 aromatic heterocycles. The summed E-state index contributed by atoms with van der Waals surface area (Å²) in [4.78, 5) is 17.3. The number of hydrogen-bond donors (Lipinski definition) is 5. The van der Waals surface area contributed by atoms with Crippen LogP contribution < -0.4 is 16.4 Å². The number of rotatable bonds is 4. The fraction of sp³-hybridized carbons (Fsp3) is 0.375. The van der Waals surface area contributed by atoms with Gasteiger partial charge in [-0.2, -0.15) is 0 Å². The summed E-state index contributed by atoms with van der Waals surface area (Å²) in [5.41, 5.74) is 5.81. The van der Waals surface area contributed by atoms with Crippen molar-refractivity contribution in [3.63, 3.8) is 0 Å². The smallest absolute Gasteiger partial charge is 0.318 e. The number of carbonyl (C=O) groups excluding carboxylic acids is 1. The molecule has 0 bridgehead atoms. The maximum atomic E-state index is 10.3. The van der Waals surface area contributed by atoms with Crippen LogP contribution in [0.4, 0.5) is 4.79 Å². The highest BCUT2D eigenvalue weighted by Gasteiger charge is 1.98. The number of hydrogen-bond acceptors (Lipinski definition) is 3. The lowest BCUT2D eigenvalue weighted by atomic mass is 10.2. The van der Waals surface area contributed by atoms with Crippen LogP contribution in [0.2, 0.25) is 0 Å². The first kappa shape index (κ1) is 11.0. The van der Waals surface area contributed by atoms with E-state index in [4.69, 9.17) is 11.1 Å². The molecular formula is C8H14N6O. The van der Waals surface area contributed by atoms with Crippen molar-refractivity contribution in [3.8, 4) is 0 Å². The van der Waals surface area contributed by atoms with E-state index in [0.29, 0.717) is 6.54 Å².